The molecule has 0 bridgehead atoms. The van der Waals surface area contributed by atoms with E-state index >= 15 is 0 Å². The number of benzene rings is 3. The fourth-order valence-electron chi connectivity index (χ4n) is 7.32. The van der Waals surface area contributed by atoms with E-state index in [0.717, 1.165) is 25.3 Å². The Balaban J connectivity index is 1.56. The summed E-state index contributed by atoms with van der Waals surface area (Å²) in [5.74, 6) is -4.17. The fraction of sp³-hybridized carbons (Fsp3) is 0.444. The first-order chi connectivity index (χ1) is 23.9. The summed E-state index contributed by atoms with van der Waals surface area (Å²) >= 11 is 0. The third-order valence-corrected chi connectivity index (χ3v) is 9.86. The van der Waals surface area contributed by atoms with Gasteiger partial charge in [-0.25, -0.2) is 14.0 Å². The van der Waals surface area contributed by atoms with Crippen LogP contribution < -0.4 is 4.74 Å². The number of hydrogen-bond donors (Lipinski definition) is 1. The lowest BCUT2D eigenvalue weighted by atomic mass is 9.64. The maximum atomic E-state index is 14.7. The van der Waals surface area contributed by atoms with E-state index in [9.17, 15) is 58.6 Å². The van der Waals surface area contributed by atoms with Crippen molar-refractivity contribution in [1.82, 2.24) is 4.90 Å². The van der Waals surface area contributed by atoms with Gasteiger partial charge in [0.1, 0.15) is 17.7 Å². The third-order valence-electron chi connectivity index (χ3n) is 9.86. The Labute approximate surface area is 291 Å². The Morgan fingerprint density at radius 3 is 2.08 bits per heavy atom. The average Bonchev–Trinajstić information content (AvgIpc) is 3.30. The number of carbonyl (C=O) groups is 2. The standard InChI is InChI=1S/C36H33F10NO5/c1-17-30(19-9-21(34(38,39)40)12-22(10-19)35(41,42)43)52-32(50)47(17)16-20-15-33(2,3)8-7-23(20)26-13-25(27(36(44,45)46)14-29(26)51-4)18-5-6-24(31(48)49)28(37)11-18/h5-6,9-14,17,20,23,30H,7-8,15-16H2,1-4H3,(H,48,49)/t17-,20?,23?,30-/m0/s1. The molecular formula is C36H33F10NO5. The number of methoxy groups -OCH3 is 1. The Morgan fingerprint density at radius 2 is 1.56 bits per heavy atom. The van der Waals surface area contributed by atoms with Crippen molar-refractivity contribution in [2.24, 2.45) is 11.3 Å². The second-order valence-corrected chi connectivity index (χ2v) is 13.9. The predicted molar refractivity (Wildman–Crippen MR) is 166 cm³/mol. The minimum Gasteiger partial charge on any atom is -0.496 e. The molecule has 282 valence electrons. The van der Waals surface area contributed by atoms with E-state index in [1.54, 1.807) is 0 Å². The molecule has 1 saturated heterocycles. The highest BCUT2D eigenvalue weighted by atomic mass is 19.4. The van der Waals surface area contributed by atoms with Crippen molar-refractivity contribution in [2.75, 3.05) is 13.7 Å². The molecular weight excluding hydrogens is 716 g/mol. The normalized spacial score (nSPS) is 22.3. The summed E-state index contributed by atoms with van der Waals surface area (Å²) in [5, 5.41) is 9.23. The van der Waals surface area contributed by atoms with Crippen molar-refractivity contribution in [2.45, 2.75) is 76.6 Å². The van der Waals surface area contributed by atoms with Gasteiger partial charge in [0.15, 0.2) is 0 Å². The Bertz CT molecular complexity index is 1840. The van der Waals surface area contributed by atoms with Gasteiger partial charge in [0.2, 0.25) is 0 Å². The van der Waals surface area contributed by atoms with Crippen molar-refractivity contribution in [3.05, 3.63) is 87.7 Å². The Hall–Kier alpha value is -4.50. The molecule has 3 aromatic carbocycles. The number of nitrogens with zero attached hydrogens (tertiary/aromatic N) is 1. The number of hydrogen-bond acceptors (Lipinski definition) is 4. The molecule has 16 heteroatoms. The summed E-state index contributed by atoms with van der Waals surface area (Å²) in [6.07, 6.45) is -16.4. The number of rotatable bonds is 7. The minimum atomic E-state index is -5.13. The summed E-state index contributed by atoms with van der Waals surface area (Å²) in [6, 6.07) is 4.46. The number of carboxylic acids is 1. The van der Waals surface area contributed by atoms with Crippen LogP contribution in [0, 0.1) is 17.2 Å². The summed E-state index contributed by atoms with van der Waals surface area (Å²) < 4.78 is 150. The number of alkyl halides is 9. The SMILES string of the molecule is COc1cc(C(F)(F)F)c(-c2ccc(C(=O)O)c(F)c2)cc1C1CCC(C)(C)CC1CN1C(=O)O[C@H](c2cc(C(F)(F)F)cc(C(F)(F)F)c2)[C@@H]1C. The van der Waals surface area contributed by atoms with Gasteiger partial charge < -0.3 is 19.5 Å². The van der Waals surface area contributed by atoms with Crippen molar-refractivity contribution >= 4 is 12.1 Å². The van der Waals surface area contributed by atoms with Crippen LogP contribution in [0.25, 0.3) is 11.1 Å². The van der Waals surface area contributed by atoms with E-state index in [0.29, 0.717) is 37.5 Å². The lowest BCUT2D eigenvalue weighted by molar-refractivity contribution is -0.143. The highest BCUT2D eigenvalue weighted by Gasteiger charge is 2.47. The van der Waals surface area contributed by atoms with Crippen LogP contribution >= 0.6 is 0 Å². The minimum absolute atomic E-state index is 0.0297. The first-order valence-corrected chi connectivity index (χ1v) is 16.0. The molecule has 5 rings (SSSR count). The lowest BCUT2D eigenvalue weighted by Gasteiger charge is -2.43. The van der Waals surface area contributed by atoms with Crippen molar-refractivity contribution in [3.63, 3.8) is 0 Å². The highest BCUT2D eigenvalue weighted by Crippen LogP contribution is 2.52. The molecule has 2 aliphatic rings. The van der Waals surface area contributed by atoms with Gasteiger partial charge in [-0.3, -0.25) is 0 Å². The van der Waals surface area contributed by atoms with Gasteiger partial charge in [0.25, 0.3) is 0 Å². The summed E-state index contributed by atoms with van der Waals surface area (Å²) in [4.78, 5) is 25.8. The van der Waals surface area contributed by atoms with Crippen LogP contribution in [0.2, 0.25) is 0 Å². The first kappa shape index (κ1) is 38.7. The number of amides is 1. The van der Waals surface area contributed by atoms with Crippen LogP contribution in [-0.2, 0) is 23.3 Å². The number of aromatic carboxylic acids is 1. The van der Waals surface area contributed by atoms with E-state index in [-0.39, 0.29) is 34.9 Å². The predicted octanol–water partition coefficient (Wildman–Crippen LogP) is 10.7. The molecule has 52 heavy (non-hydrogen) atoms. The zero-order valence-corrected chi connectivity index (χ0v) is 28.1. The van der Waals surface area contributed by atoms with Crippen LogP contribution in [-0.4, -0.2) is 41.8 Å². The maximum absolute atomic E-state index is 14.7. The smallest absolute Gasteiger partial charge is 0.417 e. The zero-order valence-electron chi connectivity index (χ0n) is 28.1. The van der Waals surface area contributed by atoms with Crippen molar-refractivity contribution in [3.8, 4) is 16.9 Å². The average molecular weight is 750 g/mol. The molecule has 2 fully saturated rings. The van der Waals surface area contributed by atoms with E-state index in [4.69, 9.17) is 9.47 Å². The molecule has 1 aliphatic carbocycles. The van der Waals surface area contributed by atoms with Crippen molar-refractivity contribution < 1.29 is 68.1 Å². The van der Waals surface area contributed by atoms with Gasteiger partial charge in [-0.05, 0) is 108 Å². The topological polar surface area (TPSA) is 76.1 Å². The number of halogens is 10. The van der Waals surface area contributed by atoms with Gasteiger partial charge in [0.05, 0.1) is 35.4 Å². The van der Waals surface area contributed by atoms with Crippen LogP contribution in [0.5, 0.6) is 5.75 Å². The third kappa shape index (κ3) is 7.80. The zero-order chi connectivity index (χ0) is 38.7. The molecule has 1 N–H and O–H groups in total. The summed E-state index contributed by atoms with van der Waals surface area (Å²) in [5.41, 5.74) is -6.38. The molecule has 3 aromatic rings. The quantitative estimate of drug-likeness (QED) is 0.244. The van der Waals surface area contributed by atoms with Crippen LogP contribution in [0.15, 0.2) is 48.5 Å². The molecule has 1 aliphatic heterocycles. The maximum Gasteiger partial charge on any atom is 0.417 e. The molecule has 0 spiro atoms. The highest BCUT2D eigenvalue weighted by molar-refractivity contribution is 5.89. The van der Waals surface area contributed by atoms with Crippen LogP contribution in [0.1, 0.15) is 90.2 Å². The number of cyclic esters (lactones) is 1. The lowest BCUT2D eigenvalue weighted by Crippen LogP contribution is -2.41. The fourth-order valence-corrected chi connectivity index (χ4v) is 7.32. The molecule has 1 saturated carbocycles. The van der Waals surface area contributed by atoms with E-state index in [1.807, 2.05) is 13.8 Å². The van der Waals surface area contributed by atoms with Crippen LogP contribution in [0.3, 0.4) is 0 Å². The van der Waals surface area contributed by atoms with Crippen LogP contribution in [0.4, 0.5) is 48.7 Å². The Kier molecular flexibility index (Phi) is 10.0. The van der Waals surface area contributed by atoms with Crippen molar-refractivity contribution in [1.29, 1.82) is 0 Å². The molecule has 4 atom stereocenters. The second kappa shape index (κ2) is 13.5. The number of ether oxygens (including phenoxy) is 2. The van der Waals surface area contributed by atoms with Gasteiger partial charge in [-0.1, -0.05) is 19.9 Å². The molecule has 1 heterocycles. The van der Waals surface area contributed by atoms with Gasteiger partial charge in [-0.2, -0.15) is 39.5 Å². The molecule has 1 amide bonds. The number of carboxylic acid groups (broad SMARTS) is 1. The van der Waals surface area contributed by atoms with Gasteiger partial charge >= 0.3 is 30.6 Å². The monoisotopic (exact) mass is 749 g/mol. The molecule has 2 unspecified atom stereocenters. The van der Waals surface area contributed by atoms with E-state index in [1.165, 1.54) is 17.9 Å². The first-order valence-electron chi connectivity index (χ1n) is 16.0. The molecule has 6 nitrogen and oxygen atoms in total. The Morgan fingerprint density at radius 1 is 0.942 bits per heavy atom. The van der Waals surface area contributed by atoms with E-state index in [2.05, 4.69) is 0 Å². The van der Waals surface area contributed by atoms with E-state index < -0.39 is 93.8 Å². The summed E-state index contributed by atoms with van der Waals surface area (Å²) in [6.45, 7) is 5.16. The number of carbonyl (C=O) groups excluding carboxylic acids is 1. The summed E-state index contributed by atoms with van der Waals surface area (Å²) in [7, 11) is 1.16. The molecule has 0 radical (unpaired) electrons. The largest absolute Gasteiger partial charge is 0.496 e. The van der Waals surface area contributed by atoms with Gasteiger partial charge in [0, 0.05) is 6.54 Å². The van der Waals surface area contributed by atoms with Gasteiger partial charge in [-0.15, -0.1) is 0 Å². The molecule has 0 aromatic heterocycles. The second-order valence-electron chi connectivity index (χ2n) is 13.9.